The Morgan fingerprint density at radius 2 is 1.74 bits per heavy atom. The summed E-state index contributed by atoms with van der Waals surface area (Å²) in [5, 5.41) is 11.2. The highest BCUT2D eigenvalue weighted by molar-refractivity contribution is 7.89. The predicted molar refractivity (Wildman–Crippen MR) is 89.6 cm³/mol. The Morgan fingerprint density at radius 3 is 2.30 bits per heavy atom. The fourth-order valence-electron chi connectivity index (χ4n) is 2.31. The molecule has 0 aliphatic carbocycles. The summed E-state index contributed by atoms with van der Waals surface area (Å²) in [6, 6.07) is 7.75. The predicted octanol–water partition coefficient (Wildman–Crippen LogP) is 2.50. The Balaban J connectivity index is 2.10. The number of tetrazole rings is 1. The average Bonchev–Trinajstić information content (AvgIpc) is 2.85. The molecular weight excluding hydrogens is 312 g/mol. The van der Waals surface area contributed by atoms with Crippen molar-refractivity contribution in [1.29, 1.82) is 0 Å². The minimum atomic E-state index is -3.31. The van der Waals surface area contributed by atoms with E-state index in [0.717, 1.165) is 12.0 Å². The second kappa shape index (κ2) is 6.78. The van der Waals surface area contributed by atoms with E-state index >= 15 is 0 Å². The van der Waals surface area contributed by atoms with Crippen LogP contribution in [-0.2, 0) is 33.3 Å². The molecule has 0 aliphatic heterocycles. The first kappa shape index (κ1) is 17.6. The van der Waals surface area contributed by atoms with Gasteiger partial charge in [-0.25, -0.2) is 13.1 Å². The minimum absolute atomic E-state index is 0.00356. The van der Waals surface area contributed by atoms with Crippen LogP contribution in [0.4, 0.5) is 0 Å². The molecule has 0 saturated carbocycles. The van der Waals surface area contributed by atoms with Gasteiger partial charge in [-0.2, -0.15) is 0 Å². The van der Waals surface area contributed by atoms with Crippen molar-refractivity contribution < 1.29 is 8.42 Å². The van der Waals surface area contributed by atoms with Crippen molar-refractivity contribution in [2.75, 3.05) is 0 Å². The molecule has 2 aromatic rings. The van der Waals surface area contributed by atoms with Gasteiger partial charge >= 0.3 is 0 Å². The van der Waals surface area contributed by atoms with E-state index in [9.17, 15) is 8.42 Å². The van der Waals surface area contributed by atoms with Crippen LogP contribution in [0.15, 0.2) is 24.3 Å². The zero-order valence-electron chi connectivity index (χ0n) is 14.2. The van der Waals surface area contributed by atoms with Crippen molar-refractivity contribution in [3.63, 3.8) is 0 Å². The summed E-state index contributed by atoms with van der Waals surface area (Å²) in [6.45, 7) is 9.01. The summed E-state index contributed by atoms with van der Waals surface area (Å²) in [5.41, 5.74) is 2.03. The maximum absolute atomic E-state index is 12.4. The smallest absolute Gasteiger partial charge is 0.166 e. The SMILES string of the molecule is CCCn1nnnc1CS(=O)(=O)Cc1ccc(C(C)(C)C)cc1. The van der Waals surface area contributed by atoms with E-state index in [4.69, 9.17) is 0 Å². The largest absolute Gasteiger partial charge is 0.229 e. The van der Waals surface area contributed by atoms with E-state index in [0.29, 0.717) is 12.4 Å². The first-order valence-corrected chi connectivity index (χ1v) is 9.58. The highest BCUT2D eigenvalue weighted by atomic mass is 32.2. The monoisotopic (exact) mass is 336 g/mol. The molecule has 1 heterocycles. The second-order valence-electron chi connectivity index (χ2n) is 6.80. The van der Waals surface area contributed by atoms with E-state index in [1.165, 1.54) is 5.56 Å². The van der Waals surface area contributed by atoms with Crippen LogP contribution < -0.4 is 0 Å². The van der Waals surface area contributed by atoms with Crippen LogP contribution in [0.5, 0.6) is 0 Å². The lowest BCUT2D eigenvalue weighted by atomic mass is 9.87. The molecule has 0 saturated heterocycles. The fourth-order valence-corrected chi connectivity index (χ4v) is 3.72. The van der Waals surface area contributed by atoms with Gasteiger partial charge in [0.15, 0.2) is 15.7 Å². The van der Waals surface area contributed by atoms with Gasteiger partial charge in [-0.1, -0.05) is 52.0 Å². The van der Waals surface area contributed by atoms with Gasteiger partial charge in [0, 0.05) is 6.54 Å². The number of aryl methyl sites for hydroxylation is 1. The molecule has 0 amide bonds. The van der Waals surface area contributed by atoms with Crippen LogP contribution in [0.1, 0.15) is 51.1 Å². The van der Waals surface area contributed by atoms with Crippen molar-refractivity contribution in [1.82, 2.24) is 20.2 Å². The van der Waals surface area contributed by atoms with Crippen LogP contribution in [0.2, 0.25) is 0 Å². The molecule has 0 radical (unpaired) electrons. The van der Waals surface area contributed by atoms with E-state index in [1.54, 1.807) is 4.68 Å². The highest BCUT2D eigenvalue weighted by Gasteiger charge is 2.19. The number of rotatable bonds is 6. The summed E-state index contributed by atoms with van der Waals surface area (Å²) in [6.07, 6.45) is 0.854. The summed E-state index contributed by atoms with van der Waals surface area (Å²) in [7, 11) is -3.31. The number of hydrogen-bond acceptors (Lipinski definition) is 5. The molecule has 7 heteroatoms. The highest BCUT2D eigenvalue weighted by Crippen LogP contribution is 2.23. The Morgan fingerprint density at radius 1 is 1.09 bits per heavy atom. The normalized spacial score (nSPS) is 12.5. The number of sulfone groups is 1. The first-order chi connectivity index (χ1) is 10.7. The van der Waals surface area contributed by atoms with Crippen molar-refractivity contribution >= 4 is 9.84 Å². The Kier molecular flexibility index (Phi) is 5.19. The Bertz CT molecular complexity index is 743. The van der Waals surface area contributed by atoms with Crippen molar-refractivity contribution in [2.24, 2.45) is 0 Å². The summed E-state index contributed by atoms with van der Waals surface area (Å²) >= 11 is 0. The van der Waals surface area contributed by atoms with Gasteiger partial charge < -0.3 is 0 Å². The van der Waals surface area contributed by atoms with Gasteiger partial charge in [0.05, 0.1) is 5.75 Å². The molecule has 1 aromatic carbocycles. The lowest BCUT2D eigenvalue weighted by molar-refractivity contribution is 0.555. The number of benzene rings is 1. The maximum Gasteiger partial charge on any atom is 0.166 e. The van der Waals surface area contributed by atoms with Crippen LogP contribution in [-0.4, -0.2) is 28.6 Å². The summed E-state index contributed by atoms with van der Waals surface area (Å²) in [4.78, 5) is 0. The Hall–Kier alpha value is -1.76. The molecule has 2 rings (SSSR count). The van der Waals surface area contributed by atoms with E-state index in [1.807, 2.05) is 31.2 Å². The van der Waals surface area contributed by atoms with Crippen LogP contribution >= 0.6 is 0 Å². The topological polar surface area (TPSA) is 77.7 Å². The molecule has 0 unspecified atom stereocenters. The minimum Gasteiger partial charge on any atom is -0.229 e. The van der Waals surface area contributed by atoms with E-state index in [-0.39, 0.29) is 16.9 Å². The molecule has 6 nitrogen and oxygen atoms in total. The molecule has 0 aliphatic rings. The van der Waals surface area contributed by atoms with Gasteiger partial charge in [0.1, 0.15) is 5.75 Å². The van der Waals surface area contributed by atoms with Gasteiger partial charge in [0.25, 0.3) is 0 Å². The maximum atomic E-state index is 12.4. The van der Waals surface area contributed by atoms with Crippen molar-refractivity contribution in [3.05, 3.63) is 41.2 Å². The van der Waals surface area contributed by atoms with E-state index in [2.05, 4.69) is 36.3 Å². The zero-order valence-corrected chi connectivity index (χ0v) is 15.0. The van der Waals surface area contributed by atoms with Gasteiger partial charge in [-0.15, -0.1) is 5.10 Å². The van der Waals surface area contributed by atoms with Crippen LogP contribution in [0, 0.1) is 0 Å². The quantitative estimate of drug-likeness (QED) is 0.810. The molecular formula is C16H24N4O2S. The zero-order chi connectivity index (χ0) is 17.1. The second-order valence-corrected chi connectivity index (χ2v) is 8.86. The van der Waals surface area contributed by atoms with Crippen molar-refractivity contribution in [3.8, 4) is 0 Å². The molecule has 0 spiro atoms. The fraction of sp³-hybridized carbons (Fsp3) is 0.562. The standard InChI is InChI=1S/C16H24N4O2S/c1-5-10-20-15(17-18-19-20)12-23(21,22)11-13-6-8-14(9-7-13)16(2,3)4/h6-9H,5,10-12H2,1-4H3. The number of aromatic nitrogens is 4. The molecule has 0 bridgehead atoms. The average molecular weight is 336 g/mol. The van der Waals surface area contributed by atoms with Gasteiger partial charge in [0.2, 0.25) is 0 Å². The molecule has 0 atom stereocenters. The van der Waals surface area contributed by atoms with Gasteiger partial charge in [-0.05, 0) is 33.4 Å². The third-order valence-electron chi connectivity index (χ3n) is 3.60. The number of nitrogens with zero attached hydrogens (tertiary/aromatic N) is 4. The lowest BCUT2D eigenvalue weighted by Crippen LogP contribution is -2.14. The van der Waals surface area contributed by atoms with Crippen LogP contribution in [0.25, 0.3) is 0 Å². The summed E-state index contributed by atoms with van der Waals surface area (Å²) < 4.78 is 26.3. The molecule has 126 valence electrons. The van der Waals surface area contributed by atoms with Crippen LogP contribution in [0.3, 0.4) is 0 Å². The van der Waals surface area contributed by atoms with E-state index < -0.39 is 9.84 Å². The third-order valence-corrected chi connectivity index (χ3v) is 5.07. The van der Waals surface area contributed by atoms with Crippen molar-refractivity contribution in [2.45, 2.75) is 57.6 Å². The lowest BCUT2D eigenvalue weighted by Gasteiger charge is -2.19. The first-order valence-electron chi connectivity index (χ1n) is 7.76. The third kappa shape index (κ3) is 4.86. The summed E-state index contributed by atoms with van der Waals surface area (Å²) in [5.74, 6) is 0.260. The molecule has 1 aromatic heterocycles. The Labute approximate surface area is 137 Å². The van der Waals surface area contributed by atoms with Gasteiger partial charge in [-0.3, -0.25) is 0 Å². The molecule has 23 heavy (non-hydrogen) atoms. The molecule has 0 N–H and O–H groups in total. The molecule has 0 fully saturated rings. The number of hydrogen-bond donors (Lipinski definition) is 0.